The number of nitrogens with zero attached hydrogens (tertiary/aromatic N) is 1. The van der Waals surface area contributed by atoms with E-state index in [0.717, 1.165) is 39.9 Å². The summed E-state index contributed by atoms with van der Waals surface area (Å²) in [5.41, 5.74) is 2.96. The molecule has 5 heteroatoms. The fourth-order valence-electron chi connectivity index (χ4n) is 2.23. The van der Waals surface area contributed by atoms with Crippen molar-refractivity contribution in [2.24, 2.45) is 0 Å². The Balaban J connectivity index is 1.71. The lowest BCUT2D eigenvalue weighted by atomic mass is 10.2. The lowest BCUT2D eigenvalue weighted by Crippen LogP contribution is -2.16. The van der Waals surface area contributed by atoms with Gasteiger partial charge in [-0.1, -0.05) is 16.8 Å². The van der Waals surface area contributed by atoms with Crippen LogP contribution in [0.1, 0.15) is 35.4 Å². The van der Waals surface area contributed by atoms with Crippen LogP contribution in [0.15, 0.2) is 22.7 Å². The van der Waals surface area contributed by atoms with Gasteiger partial charge in [0, 0.05) is 23.2 Å². The van der Waals surface area contributed by atoms with E-state index in [1.807, 2.05) is 32.0 Å². The largest absolute Gasteiger partial charge is 0.488 e. The van der Waals surface area contributed by atoms with Crippen LogP contribution < -0.4 is 10.1 Å². The van der Waals surface area contributed by atoms with Crippen LogP contribution in [-0.4, -0.2) is 11.2 Å². The molecule has 1 aromatic carbocycles. The molecule has 0 atom stereocenters. The summed E-state index contributed by atoms with van der Waals surface area (Å²) in [6, 6.07) is 6.38. The molecule has 0 amide bonds. The first kappa shape index (κ1) is 14.4. The van der Waals surface area contributed by atoms with Crippen molar-refractivity contribution in [2.75, 3.05) is 0 Å². The van der Waals surface area contributed by atoms with Crippen molar-refractivity contribution in [2.45, 2.75) is 45.9 Å². The summed E-state index contributed by atoms with van der Waals surface area (Å²) in [5, 5.41) is 8.16. The van der Waals surface area contributed by atoms with Crippen LogP contribution in [-0.2, 0) is 13.2 Å². The van der Waals surface area contributed by atoms with Crippen LogP contribution in [0.5, 0.6) is 5.75 Å². The van der Waals surface area contributed by atoms with Gasteiger partial charge in [0.05, 0.1) is 11.3 Å². The molecule has 112 valence electrons. The highest BCUT2D eigenvalue weighted by molar-refractivity contribution is 6.30. The van der Waals surface area contributed by atoms with Gasteiger partial charge in [0.25, 0.3) is 0 Å². The summed E-state index contributed by atoms with van der Waals surface area (Å²) in [7, 11) is 0. The highest BCUT2D eigenvalue weighted by Crippen LogP contribution is 2.26. The Labute approximate surface area is 129 Å². The van der Waals surface area contributed by atoms with Crippen LogP contribution in [0.4, 0.5) is 0 Å². The predicted octanol–water partition coefficient (Wildman–Crippen LogP) is 3.78. The maximum absolute atomic E-state index is 6.09. The molecule has 0 unspecified atom stereocenters. The molecular formula is C16H19ClN2O2. The number of aromatic nitrogens is 1. The number of benzene rings is 1. The van der Waals surface area contributed by atoms with Gasteiger partial charge < -0.3 is 14.6 Å². The number of halogens is 1. The monoisotopic (exact) mass is 306 g/mol. The van der Waals surface area contributed by atoms with Crippen LogP contribution >= 0.6 is 11.6 Å². The molecule has 0 radical (unpaired) electrons. The Bertz CT molecular complexity index is 616. The minimum Gasteiger partial charge on any atom is -0.488 e. The third-order valence-corrected chi connectivity index (χ3v) is 3.97. The average molecular weight is 307 g/mol. The molecule has 4 nitrogen and oxygen atoms in total. The summed E-state index contributed by atoms with van der Waals surface area (Å²) < 4.78 is 11.1. The quantitative estimate of drug-likeness (QED) is 0.882. The zero-order valence-electron chi connectivity index (χ0n) is 12.3. The molecule has 0 spiro atoms. The summed E-state index contributed by atoms with van der Waals surface area (Å²) in [6.07, 6.45) is 2.52. The molecule has 3 rings (SSSR count). The number of rotatable bonds is 6. The van der Waals surface area contributed by atoms with E-state index >= 15 is 0 Å². The van der Waals surface area contributed by atoms with Gasteiger partial charge in [0.2, 0.25) is 0 Å². The van der Waals surface area contributed by atoms with Crippen LogP contribution in [0.25, 0.3) is 0 Å². The molecule has 0 aliphatic heterocycles. The van der Waals surface area contributed by atoms with Gasteiger partial charge in [-0.25, -0.2) is 0 Å². The molecule has 21 heavy (non-hydrogen) atoms. The molecule has 2 aromatic rings. The highest BCUT2D eigenvalue weighted by Gasteiger charge is 2.21. The first-order valence-electron chi connectivity index (χ1n) is 7.20. The van der Waals surface area contributed by atoms with Crippen molar-refractivity contribution >= 4 is 11.6 Å². The second-order valence-electron chi connectivity index (χ2n) is 5.50. The van der Waals surface area contributed by atoms with Gasteiger partial charge in [0.15, 0.2) is 0 Å². The summed E-state index contributed by atoms with van der Waals surface area (Å²) in [6.45, 7) is 5.06. The lowest BCUT2D eigenvalue weighted by Gasteiger charge is -2.12. The minimum absolute atomic E-state index is 0.458. The van der Waals surface area contributed by atoms with Crippen molar-refractivity contribution in [3.05, 3.63) is 45.8 Å². The van der Waals surface area contributed by atoms with E-state index in [-0.39, 0.29) is 0 Å². The van der Waals surface area contributed by atoms with Gasteiger partial charge in [-0.15, -0.1) is 0 Å². The van der Waals surface area contributed by atoms with Crippen molar-refractivity contribution in [3.63, 3.8) is 0 Å². The molecule has 1 N–H and O–H groups in total. The van der Waals surface area contributed by atoms with Crippen molar-refractivity contribution in [1.82, 2.24) is 10.5 Å². The van der Waals surface area contributed by atoms with Gasteiger partial charge >= 0.3 is 0 Å². The molecule has 1 heterocycles. The van der Waals surface area contributed by atoms with E-state index in [1.54, 1.807) is 0 Å². The summed E-state index contributed by atoms with van der Waals surface area (Å²) in [4.78, 5) is 0. The molecule has 1 aliphatic rings. The minimum atomic E-state index is 0.458. The Kier molecular flexibility index (Phi) is 4.17. The Morgan fingerprint density at radius 2 is 2.19 bits per heavy atom. The Hall–Kier alpha value is -1.52. The second-order valence-corrected chi connectivity index (χ2v) is 5.94. The summed E-state index contributed by atoms with van der Waals surface area (Å²) >= 11 is 6.09. The molecule has 1 aromatic heterocycles. The smallest absolute Gasteiger partial charge is 0.140 e. The van der Waals surface area contributed by atoms with Gasteiger partial charge in [-0.2, -0.15) is 0 Å². The second kappa shape index (κ2) is 6.08. The SMILES string of the molecule is Cc1noc(C)c1COc1ccc(Cl)cc1CNC1CC1. The van der Waals surface area contributed by atoms with Crippen molar-refractivity contribution in [1.29, 1.82) is 0 Å². The van der Waals surface area contributed by atoms with Gasteiger partial charge in [-0.05, 0) is 44.9 Å². The van der Waals surface area contributed by atoms with Gasteiger partial charge in [0.1, 0.15) is 18.1 Å². The molecule has 0 saturated heterocycles. The van der Waals surface area contributed by atoms with Crippen LogP contribution in [0.3, 0.4) is 0 Å². The van der Waals surface area contributed by atoms with E-state index in [4.69, 9.17) is 20.9 Å². The standard InChI is InChI=1S/C16H19ClN2O2/c1-10-15(11(2)21-19-10)9-20-16-6-3-13(17)7-12(16)8-18-14-4-5-14/h3,6-7,14,18H,4-5,8-9H2,1-2H3. The molecule has 1 fully saturated rings. The van der Waals surface area contributed by atoms with Crippen LogP contribution in [0, 0.1) is 13.8 Å². The zero-order valence-corrected chi connectivity index (χ0v) is 13.0. The fourth-order valence-corrected chi connectivity index (χ4v) is 2.42. The number of nitrogens with one attached hydrogen (secondary N) is 1. The van der Waals surface area contributed by atoms with E-state index in [1.165, 1.54) is 12.8 Å². The van der Waals surface area contributed by atoms with Crippen molar-refractivity contribution < 1.29 is 9.26 Å². The number of ether oxygens (including phenoxy) is 1. The normalized spacial score (nSPS) is 14.4. The zero-order chi connectivity index (χ0) is 14.8. The number of aryl methyl sites for hydroxylation is 2. The van der Waals surface area contributed by atoms with E-state index < -0.39 is 0 Å². The van der Waals surface area contributed by atoms with Crippen LogP contribution in [0.2, 0.25) is 5.02 Å². The fraction of sp³-hybridized carbons (Fsp3) is 0.438. The first-order chi connectivity index (χ1) is 10.1. The highest BCUT2D eigenvalue weighted by atomic mass is 35.5. The average Bonchev–Trinajstić information content (AvgIpc) is 3.23. The predicted molar refractivity (Wildman–Crippen MR) is 81.6 cm³/mol. The Morgan fingerprint density at radius 3 is 2.86 bits per heavy atom. The third kappa shape index (κ3) is 3.57. The van der Waals surface area contributed by atoms with E-state index in [9.17, 15) is 0 Å². The molecule has 0 bridgehead atoms. The molecule has 1 saturated carbocycles. The van der Waals surface area contributed by atoms with Crippen molar-refractivity contribution in [3.8, 4) is 5.75 Å². The molecule has 1 aliphatic carbocycles. The topological polar surface area (TPSA) is 47.3 Å². The van der Waals surface area contributed by atoms with E-state index in [2.05, 4.69) is 10.5 Å². The maximum Gasteiger partial charge on any atom is 0.140 e. The lowest BCUT2D eigenvalue weighted by molar-refractivity contribution is 0.298. The number of hydrogen-bond acceptors (Lipinski definition) is 4. The number of hydrogen-bond donors (Lipinski definition) is 1. The third-order valence-electron chi connectivity index (χ3n) is 3.73. The van der Waals surface area contributed by atoms with E-state index in [0.29, 0.717) is 12.6 Å². The van der Waals surface area contributed by atoms with Gasteiger partial charge in [-0.3, -0.25) is 0 Å². The first-order valence-corrected chi connectivity index (χ1v) is 7.57. The summed E-state index contributed by atoms with van der Waals surface area (Å²) in [5.74, 6) is 1.66. The molecular weight excluding hydrogens is 288 g/mol. The maximum atomic E-state index is 6.09. The Morgan fingerprint density at radius 1 is 1.38 bits per heavy atom.